The fourth-order valence-corrected chi connectivity index (χ4v) is 2.71. The first-order valence-electron chi connectivity index (χ1n) is 8.76. The normalized spacial score (nSPS) is 14.4. The van der Waals surface area contributed by atoms with Crippen LogP contribution < -0.4 is 15.0 Å². The predicted molar refractivity (Wildman–Crippen MR) is 103 cm³/mol. The van der Waals surface area contributed by atoms with E-state index in [-0.39, 0.29) is 5.91 Å². The summed E-state index contributed by atoms with van der Waals surface area (Å²) in [5, 5.41) is 2.91. The maximum Gasteiger partial charge on any atom is 0.248 e. The molecule has 6 nitrogen and oxygen atoms in total. The molecule has 26 heavy (non-hydrogen) atoms. The number of ether oxygens (including phenoxy) is 2. The summed E-state index contributed by atoms with van der Waals surface area (Å²) in [5.74, 6) is 1.40. The molecule has 0 spiro atoms. The minimum absolute atomic E-state index is 0.193. The molecule has 1 aliphatic heterocycles. The van der Waals surface area contributed by atoms with Gasteiger partial charge in [0.2, 0.25) is 5.91 Å². The highest BCUT2D eigenvalue weighted by Crippen LogP contribution is 2.23. The van der Waals surface area contributed by atoms with Gasteiger partial charge in [0.05, 0.1) is 25.5 Å². The van der Waals surface area contributed by atoms with Crippen molar-refractivity contribution >= 4 is 23.5 Å². The lowest BCUT2D eigenvalue weighted by Gasteiger charge is -2.29. The lowest BCUT2D eigenvalue weighted by Crippen LogP contribution is -2.37. The van der Waals surface area contributed by atoms with Crippen molar-refractivity contribution < 1.29 is 14.3 Å². The number of benzene rings is 1. The Morgan fingerprint density at radius 1 is 1.27 bits per heavy atom. The smallest absolute Gasteiger partial charge is 0.248 e. The van der Waals surface area contributed by atoms with Crippen LogP contribution in [0.3, 0.4) is 0 Å². The van der Waals surface area contributed by atoms with Gasteiger partial charge in [-0.2, -0.15) is 0 Å². The quantitative estimate of drug-likeness (QED) is 0.809. The Bertz CT molecular complexity index is 753. The molecule has 2 heterocycles. The molecular formula is C20H23N3O3. The van der Waals surface area contributed by atoms with E-state index in [1.54, 1.807) is 12.3 Å². The van der Waals surface area contributed by atoms with Gasteiger partial charge in [-0.25, -0.2) is 4.98 Å². The highest BCUT2D eigenvalue weighted by Gasteiger charge is 2.16. The summed E-state index contributed by atoms with van der Waals surface area (Å²) >= 11 is 0. The summed E-state index contributed by atoms with van der Waals surface area (Å²) in [5.41, 5.74) is 1.64. The number of carbonyl (C=O) groups is 1. The van der Waals surface area contributed by atoms with Gasteiger partial charge in [0.1, 0.15) is 5.75 Å². The van der Waals surface area contributed by atoms with Crippen molar-refractivity contribution in [1.82, 2.24) is 4.98 Å². The monoisotopic (exact) mass is 353 g/mol. The van der Waals surface area contributed by atoms with Gasteiger partial charge in [0, 0.05) is 25.4 Å². The molecule has 1 saturated heterocycles. The van der Waals surface area contributed by atoms with Crippen molar-refractivity contribution in [3.63, 3.8) is 0 Å². The highest BCUT2D eigenvalue weighted by molar-refractivity contribution is 6.03. The Morgan fingerprint density at radius 2 is 2.04 bits per heavy atom. The molecule has 0 radical (unpaired) electrons. The first-order chi connectivity index (χ1) is 12.8. The molecule has 1 aromatic carbocycles. The van der Waals surface area contributed by atoms with Gasteiger partial charge < -0.3 is 19.7 Å². The third-order valence-electron chi connectivity index (χ3n) is 3.97. The van der Waals surface area contributed by atoms with E-state index in [2.05, 4.69) is 15.2 Å². The van der Waals surface area contributed by atoms with Crippen LogP contribution in [0, 0.1) is 0 Å². The molecule has 2 aromatic rings. The third kappa shape index (κ3) is 4.83. The SMILES string of the molecule is CCOc1ccc(C=CC(=O)Nc2cccnc2N2CCOCC2)cc1. The van der Waals surface area contributed by atoms with Gasteiger partial charge in [-0.1, -0.05) is 12.1 Å². The maximum absolute atomic E-state index is 12.3. The second-order valence-electron chi connectivity index (χ2n) is 5.80. The number of amides is 1. The van der Waals surface area contributed by atoms with Crippen molar-refractivity contribution in [3.05, 3.63) is 54.2 Å². The zero-order chi connectivity index (χ0) is 18.2. The van der Waals surface area contributed by atoms with Gasteiger partial charge in [-0.05, 0) is 42.8 Å². The van der Waals surface area contributed by atoms with Crippen LogP contribution in [0.2, 0.25) is 0 Å². The third-order valence-corrected chi connectivity index (χ3v) is 3.97. The van der Waals surface area contributed by atoms with Crippen LogP contribution >= 0.6 is 0 Å². The zero-order valence-electron chi connectivity index (χ0n) is 14.9. The van der Waals surface area contributed by atoms with Crippen molar-refractivity contribution in [1.29, 1.82) is 0 Å². The molecule has 0 saturated carbocycles. The standard InChI is InChI=1S/C20H23N3O3/c1-2-26-17-8-5-16(6-9-17)7-10-19(24)22-18-4-3-11-21-20(18)23-12-14-25-15-13-23/h3-11H,2,12-15H2,1H3,(H,22,24). The van der Waals surface area contributed by atoms with Gasteiger partial charge in [0.15, 0.2) is 5.82 Å². The minimum Gasteiger partial charge on any atom is -0.494 e. The summed E-state index contributed by atoms with van der Waals surface area (Å²) in [4.78, 5) is 18.8. The van der Waals surface area contributed by atoms with Crippen LogP contribution in [0.4, 0.5) is 11.5 Å². The van der Waals surface area contributed by atoms with Crippen LogP contribution in [0.25, 0.3) is 6.08 Å². The first-order valence-corrected chi connectivity index (χ1v) is 8.76. The summed E-state index contributed by atoms with van der Waals surface area (Å²) in [6.07, 6.45) is 5.03. The molecule has 1 fully saturated rings. The molecule has 0 aliphatic carbocycles. The van der Waals surface area contributed by atoms with E-state index < -0.39 is 0 Å². The largest absolute Gasteiger partial charge is 0.494 e. The number of nitrogens with zero attached hydrogens (tertiary/aromatic N) is 2. The fourth-order valence-electron chi connectivity index (χ4n) is 2.71. The number of aromatic nitrogens is 1. The van der Waals surface area contributed by atoms with Gasteiger partial charge in [0.25, 0.3) is 0 Å². The van der Waals surface area contributed by atoms with E-state index in [0.29, 0.717) is 25.5 Å². The van der Waals surface area contributed by atoms with Crippen molar-refractivity contribution in [2.24, 2.45) is 0 Å². The molecule has 0 atom stereocenters. The Kier molecular flexibility index (Phi) is 6.22. The number of hydrogen-bond donors (Lipinski definition) is 1. The van der Waals surface area contributed by atoms with E-state index in [4.69, 9.17) is 9.47 Å². The predicted octanol–water partition coefficient (Wildman–Crippen LogP) is 2.97. The van der Waals surface area contributed by atoms with Crippen molar-refractivity contribution in [2.45, 2.75) is 6.92 Å². The maximum atomic E-state index is 12.3. The fraction of sp³-hybridized carbons (Fsp3) is 0.300. The molecule has 0 bridgehead atoms. The Labute approximate surface area is 153 Å². The van der Waals surface area contributed by atoms with E-state index in [1.807, 2.05) is 43.3 Å². The number of anilines is 2. The first kappa shape index (κ1) is 17.9. The molecule has 136 valence electrons. The number of pyridine rings is 1. The molecule has 1 aromatic heterocycles. The van der Waals surface area contributed by atoms with E-state index in [1.165, 1.54) is 6.08 Å². The number of morpholine rings is 1. The van der Waals surface area contributed by atoms with Crippen molar-refractivity contribution in [2.75, 3.05) is 43.1 Å². The molecule has 0 unspecified atom stereocenters. The second kappa shape index (κ2) is 9.01. The number of rotatable bonds is 6. The average Bonchev–Trinajstić information content (AvgIpc) is 2.69. The Balaban J connectivity index is 1.64. The van der Waals surface area contributed by atoms with Gasteiger partial charge in [-0.3, -0.25) is 4.79 Å². The van der Waals surface area contributed by atoms with Crippen LogP contribution in [0.1, 0.15) is 12.5 Å². The summed E-state index contributed by atoms with van der Waals surface area (Å²) in [6, 6.07) is 11.3. The number of hydrogen-bond acceptors (Lipinski definition) is 5. The second-order valence-corrected chi connectivity index (χ2v) is 5.80. The average molecular weight is 353 g/mol. The zero-order valence-corrected chi connectivity index (χ0v) is 14.9. The lowest BCUT2D eigenvalue weighted by molar-refractivity contribution is -0.111. The topological polar surface area (TPSA) is 63.7 Å². The molecule has 1 amide bonds. The molecule has 3 rings (SSSR count). The summed E-state index contributed by atoms with van der Waals surface area (Å²) in [6.45, 7) is 5.45. The Hall–Kier alpha value is -2.86. The van der Waals surface area contributed by atoms with Crippen molar-refractivity contribution in [3.8, 4) is 5.75 Å². The van der Waals surface area contributed by atoms with E-state index in [0.717, 1.165) is 30.2 Å². The van der Waals surface area contributed by atoms with Gasteiger partial charge in [-0.15, -0.1) is 0 Å². The molecule has 1 N–H and O–H groups in total. The number of carbonyl (C=O) groups excluding carboxylic acids is 1. The highest BCUT2D eigenvalue weighted by atomic mass is 16.5. The van der Waals surface area contributed by atoms with E-state index >= 15 is 0 Å². The molecule has 1 aliphatic rings. The minimum atomic E-state index is -0.193. The summed E-state index contributed by atoms with van der Waals surface area (Å²) < 4.78 is 10.8. The van der Waals surface area contributed by atoms with Gasteiger partial charge >= 0.3 is 0 Å². The molecule has 6 heteroatoms. The number of nitrogens with one attached hydrogen (secondary N) is 1. The lowest BCUT2D eigenvalue weighted by atomic mass is 10.2. The van der Waals surface area contributed by atoms with Crippen LogP contribution in [0.5, 0.6) is 5.75 Å². The Morgan fingerprint density at radius 3 is 2.77 bits per heavy atom. The van der Waals surface area contributed by atoms with Crippen LogP contribution in [-0.2, 0) is 9.53 Å². The molecular weight excluding hydrogens is 330 g/mol. The van der Waals surface area contributed by atoms with E-state index in [9.17, 15) is 4.79 Å². The summed E-state index contributed by atoms with van der Waals surface area (Å²) in [7, 11) is 0. The van der Waals surface area contributed by atoms with Crippen LogP contribution in [0.15, 0.2) is 48.7 Å². The van der Waals surface area contributed by atoms with Crippen LogP contribution in [-0.4, -0.2) is 43.8 Å².